The molecule has 25 heavy (non-hydrogen) atoms. The van der Waals surface area contributed by atoms with Gasteiger partial charge in [-0.25, -0.2) is 15.0 Å². The molecule has 3 aromatic heterocycles. The molecule has 0 unspecified atom stereocenters. The van der Waals surface area contributed by atoms with E-state index in [0.29, 0.717) is 5.92 Å². The zero-order valence-corrected chi connectivity index (χ0v) is 14.3. The normalized spacial score (nSPS) is 15.5. The van der Waals surface area contributed by atoms with Gasteiger partial charge in [0.15, 0.2) is 0 Å². The van der Waals surface area contributed by atoms with E-state index in [4.69, 9.17) is 0 Å². The molecule has 0 saturated carbocycles. The first-order chi connectivity index (χ1) is 12.3. The number of anilines is 1. The third-order valence-electron chi connectivity index (χ3n) is 4.82. The highest BCUT2D eigenvalue weighted by molar-refractivity contribution is 5.56. The lowest BCUT2D eigenvalue weighted by Gasteiger charge is -2.32. The number of hydrogen-bond acceptors (Lipinski definition) is 6. The van der Waals surface area contributed by atoms with Crippen LogP contribution < -0.4 is 4.90 Å². The number of aromatic nitrogens is 6. The second-order valence-electron chi connectivity index (χ2n) is 6.44. The maximum atomic E-state index is 4.61. The zero-order valence-electron chi connectivity index (χ0n) is 14.3. The van der Waals surface area contributed by atoms with E-state index in [0.717, 1.165) is 55.3 Å². The summed E-state index contributed by atoms with van der Waals surface area (Å²) >= 11 is 0. The van der Waals surface area contributed by atoms with Crippen molar-refractivity contribution in [2.75, 3.05) is 18.0 Å². The van der Waals surface area contributed by atoms with Gasteiger partial charge in [0.1, 0.15) is 17.8 Å². The summed E-state index contributed by atoms with van der Waals surface area (Å²) in [5.41, 5.74) is 3.02. The van der Waals surface area contributed by atoms with Crippen LogP contribution in [0.15, 0.2) is 43.5 Å². The van der Waals surface area contributed by atoms with E-state index in [1.54, 1.807) is 31.2 Å². The molecule has 0 amide bonds. The Labute approximate surface area is 146 Å². The molecule has 1 fully saturated rings. The Hall–Kier alpha value is -2.83. The summed E-state index contributed by atoms with van der Waals surface area (Å²) in [6, 6.07) is 1.98. The van der Waals surface area contributed by atoms with Gasteiger partial charge in [-0.3, -0.25) is 9.97 Å². The molecule has 0 aromatic carbocycles. The fraction of sp³-hybridized carbons (Fsp3) is 0.389. The van der Waals surface area contributed by atoms with Crippen molar-refractivity contribution in [1.29, 1.82) is 0 Å². The first kappa shape index (κ1) is 15.7. The fourth-order valence-electron chi connectivity index (χ4n) is 3.43. The summed E-state index contributed by atoms with van der Waals surface area (Å²) in [6.45, 7) is 2.03. The minimum Gasteiger partial charge on any atom is -0.357 e. The summed E-state index contributed by atoms with van der Waals surface area (Å²) in [5.74, 6) is 1.63. The molecule has 0 radical (unpaired) electrons. The molecular weight excluding hydrogens is 314 g/mol. The van der Waals surface area contributed by atoms with E-state index in [2.05, 4.69) is 29.8 Å². The van der Waals surface area contributed by atoms with E-state index >= 15 is 0 Å². The zero-order chi connectivity index (χ0) is 17.1. The van der Waals surface area contributed by atoms with Crippen LogP contribution in [0.2, 0.25) is 0 Å². The van der Waals surface area contributed by atoms with Crippen molar-refractivity contribution in [2.45, 2.75) is 19.3 Å². The van der Waals surface area contributed by atoms with Crippen molar-refractivity contribution >= 4 is 5.82 Å². The lowest BCUT2D eigenvalue weighted by Crippen LogP contribution is -2.35. The third kappa shape index (κ3) is 3.35. The van der Waals surface area contributed by atoms with Crippen LogP contribution >= 0.6 is 0 Å². The summed E-state index contributed by atoms with van der Waals surface area (Å²) in [6.07, 6.45) is 13.8. The van der Waals surface area contributed by atoms with Crippen molar-refractivity contribution in [2.24, 2.45) is 13.0 Å². The topological polar surface area (TPSA) is 72.6 Å². The van der Waals surface area contributed by atoms with E-state index in [1.807, 2.05) is 23.9 Å². The lowest BCUT2D eigenvalue weighted by atomic mass is 9.91. The van der Waals surface area contributed by atoms with Crippen molar-refractivity contribution < 1.29 is 0 Å². The quantitative estimate of drug-likeness (QED) is 0.727. The molecule has 4 heterocycles. The van der Waals surface area contributed by atoms with Gasteiger partial charge >= 0.3 is 0 Å². The number of rotatable bonds is 4. The predicted octanol–water partition coefficient (Wildman–Crippen LogP) is 2.13. The Morgan fingerprint density at radius 3 is 2.60 bits per heavy atom. The molecule has 0 N–H and O–H groups in total. The number of aryl methyl sites for hydroxylation is 1. The van der Waals surface area contributed by atoms with Gasteiger partial charge in [0.05, 0.1) is 23.9 Å². The highest BCUT2D eigenvalue weighted by atomic mass is 15.2. The summed E-state index contributed by atoms with van der Waals surface area (Å²) in [5, 5.41) is 0. The lowest BCUT2D eigenvalue weighted by molar-refractivity contribution is 0.399. The van der Waals surface area contributed by atoms with E-state index in [9.17, 15) is 0 Å². The van der Waals surface area contributed by atoms with Crippen molar-refractivity contribution in [3.8, 4) is 11.4 Å². The standard InChI is InChI=1S/C18H21N7/c1-24-13-20-11-16(24)18-15(21-6-7-22-18)10-14-3-8-25(9-4-14)17-2-5-19-12-23-17/h2,5-7,11-14H,3-4,8-10H2,1H3. The summed E-state index contributed by atoms with van der Waals surface area (Å²) in [7, 11) is 1.99. The van der Waals surface area contributed by atoms with E-state index < -0.39 is 0 Å². The Bertz CT molecular complexity index is 822. The summed E-state index contributed by atoms with van der Waals surface area (Å²) < 4.78 is 1.99. The predicted molar refractivity (Wildman–Crippen MR) is 94.9 cm³/mol. The number of piperidine rings is 1. The Kier molecular flexibility index (Phi) is 4.37. The van der Waals surface area contributed by atoms with Gasteiger partial charge in [-0.1, -0.05) is 0 Å². The SMILES string of the molecule is Cn1cncc1-c1nccnc1CC1CCN(c2ccncn2)CC1. The van der Waals surface area contributed by atoms with E-state index in [-0.39, 0.29) is 0 Å². The van der Waals surface area contributed by atoms with Crippen molar-refractivity contribution in [1.82, 2.24) is 29.5 Å². The fourth-order valence-corrected chi connectivity index (χ4v) is 3.43. The molecular formula is C18H21N7. The molecule has 1 aliphatic rings. The molecule has 1 saturated heterocycles. The Morgan fingerprint density at radius 2 is 1.88 bits per heavy atom. The average molecular weight is 335 g/mol. The smallest absolute Gasteiger partial charge is 0.131 e. The van der Waals surface area contributed by atoms with Crippen LogP contribution in [0.25, 0.3) is 11.4 Å². The largest absolute Gasteiger partial charge is 0.357 e. The second kappa shape index (κ2) is 6.96. The molecule has 128 valence electrons. The maximum absolute atomic E-state index is 4.61. The van der Waals surface area contributed by atoms with Crippen LogP contribution in [0, 0.1) is 5.92 Å². The van der Waals surface area contributed by atoms with Gasteiger partial charge in [-0.15, -0.1) is 0 Å². The van der Waals surface area contributed by atoms with Crippen molar-refractivity contribution in [3.63, 3.8) is 0 Å². The number of hydrogen-bond donors (Lipinski definition) is 0. The first-order valence-corrected chi connectivity index (χ1v) is 8.59. The monoisotopic (exact) mass is 335 g/mol. The first-order valence-electron chi connectivity index (χ1n) is 8.59. The molecule has 4 rings (SSSR count). The third-order valence-corrected chi connectivity index (χ3v) is 4.82. The Balaban J connectivity index is 1.45. The minimum absolute atomic E-state index is 0.613. The molecule has 1 aliphatic heterocycles. The number of nitrogens with zero attached hydrogens (tertiary/aromatic N) is 7. The highest BCUT2D eigenvalue weighted by Crippen LogP contribution is 2.27. The van der Waals surface area contributed by atoms with Crippen LogP contribution in [0.3, 0.4) is 0 Å². The van der Waals surface area contributed by atoms with Gasteiger partial charge in [0.2, 0.25) is 0 Å². The van der Waals surface area contributed by atoms with Crippen LogP contribution in [0.5, 0.6) is 0 Å². The van der Waals surface area contributed by atoms with Gasteiger partial charge in [0.25, 0.3) is 0 Å². The van der Waals surface area contributed by atoms with E-state index in [1.165, 1.54) is 0 Å². The molecule has 7 heteroatoms. The van der Waals surface area contributed by atoms with Crippen LogP contribution in [0.4, 0.5) is 5.82 Å². The van der Waals surface area contributed by atoms with Gasteiger partial charge in [0, 0.05) is 38.7 Å². The maximum Gasteiger partial charge on any atom is 0.131 e. The molecule has 0 atom stereocenters. The van der Waals surface area contributed by atoms with Crippen LogP contribution in [0.1, 0.15) is 18.5 Å². The van der Waals surface area contributed by atoms with Gasteiger partial charge in [-0.2, -0.15) is 0 Å². The molecule has 0 spiro atoms. The second-order valence-corrected chi connectivity index (χ2v) is 6.44. The van der Waals surface area contributed by atoms with Crippen LogP contribution in [-0.4, -0.2) is 42.6 Å². The van der Waals surface area contributed by atoms with Gasteiger partial charge in [-0.05, 0) is 31.2 Å². The molecule has 0 bridgehead atoms. The molecule has 7 nitrogen and oxygen atoms in total. The summed E-state index contributed by atoms with van der Waals surface area (Å²) in [4.78, 5) is 24.0. The van der Waals surface area contributed by atoms with Crippen LogP contribution in [-0.2, 0) is 13.5 Å². The van der Waals surface area contributed by atoms with Crippen molar-refractivity contribution in [3.05, 3.63) is 49.2 Å². The highest BCUT2D eigenvalue weighted by Gasteiger charge is 2.22. The van der Waals surface area contributed by atoms with Gasteiger partial charge < -0.3 is 9.47 Å². The molecule has 3 aromatic rings. The minimum atomic E-state index is 0.613. The number of imidazole rings is 1. The Morgan fingerprint density at radius 1 is 1.04 bits per heavy atom. The molecule has 0 aliphatic carbocycles. The average Bonchev–Trinajstić information content (AvgIpc) is 3.09.